The van der Waals surface area contributed by atoms with E-state index >= 15 is 0 Å². The first-order valence-corrected chi connectivity index (χ1v) is 7.12. The van der Waals surface area contributed by atoms with Crippen molar-refractivity contribution in [1.29, 1.82) is 0 Å². The summed E-state index contributed by atoms with van der Waals surface area (Å²) in [7, 11) is 0. The lowest BCUT2D eigenvalue weighted by molar-refractivity contribution is -0.136. The minimum absolute atomic E-state index is 0.0392. The zero-order valence-corrected chi connectivity index (χ0v) is 12.7. The molecule has 0 aliphatic rings. The van der Waals surface area contributed by atoms with Crippen molar-refractivity contribution in [3.05, 3.63) is 53.9 Å². The van der Waals surface area contributed by atoms with Crippen LogP contribution in [0.4, 0.5) is 11.5 Å². The van der Waals surface area contributed by atoms with E-state index in [0.29, 0.717) is 0 Å². The first-order chi connectivity index (χ1) is 12.0. The monoisotopic (exact) mass is 340 g/mol. The fraction of sp³-hybridized carbons (Fsp3) is 0.0625. The largest absolute Gasteiger partial charge is 0.504 e. The number of aromatic nitrogens is 2. The second-order valence-corrected chi connectivity index (χ2v) is 5.06. The quantitative estimate of drug-likeness (QED) is 0.611. The molecule has 3 aromatic rings. The van der Waals surface area contributed by atoms with E-state index in [9.17, 15) is 19.8 Å². The van der Waals surface area contributed by atoms with Crippen molar-refractivity contribution < 1.29 is 24.9 Å². The van der Waals surface area contributed by atoms with Gasteiger partial charge in [-0.3, -0.25) is 9.20 Å². The van der Waals surface area contributed by atoms with Gasteiger partial charge in [0.05, 0.1) is 17.7 Å². The minimum atomic E-state index is -1.16. The van der Waals surface area contributed by atoms with Crippen LogP contribution in [0.5, 0.6) is 5.75 Å². The Bertz CT molecular complexity index is 1010. The Morgan fingerprint density at radius 3 is 2.56 bits per heavy atom. The van der Waals surface area contributed by atoms with Crippen molar-refractivity contribution >= 4 is 29.1 Å². The maximum absolute atomic E-state index is 11.2. The van der Waals surface area contributed by atoms with Crippen LogP contribution in [0.25, 0.3) is 5.65 Å². The number of aromatic hydroxyl groups is 1. The molecule has 2 heterocycles. The van der Waals surface area contributed by atoms with E-state index in [1.54, 1.807) is 24.4 Å². The van der Waals surface area contributed by atoms with Gasteiger partial charge >= 0.3 is 11.9 Å². The minimum Gasteiger partial charge on any atom is -0.504 e. The highest BCUT2D eigenvalue weighted by molar-refractivity contribution is 5.93. The fourth-order valence-electron chi connectivity index (χ4n) is 2.30. The lowest BCUT2D eigenvalue weighted by Gasteiger charge is -2.00. The SMILES string of the molecule is O=C(O)Cc1nc2c(O)cccn2c1N=Nc1ccccc1C(=O)O. The highest BCUT2D eigenvalue weighted by Crippen LogP contribution is 2.29. The third kappa shape index (κ3) is 3.15. The smallest absolute Gasteiger partial charge is 0.337 e. The summed E-state index contributed by atoms with van der Waals surface area (Å²) >= 11 is 0. The molecular formula is C16H12N4O5. The molecule has 0 spiro atoms. The summed E-state index contributed by atoms with van der Waals surface area (Å²) in [4.78, 5) is 26.3. The molecular weight excluding hydrogens is 328 g/mol. The van der Waals surface area contributed by atoms with Crippen molar-refractivity contribution in [2.75, 3.05) is 0 Å². The van der Waals surface area contributed by atoms with Gasteiger partial charge in [0.15, 0.2) is 17.2 Å². The molecule has 0 amide bonds. The standard InChI is InChI=1S/C16H12N4O5/c21-12-6-3-7-20-14(11(8-13(22)23)17-15(12)20)19-18-10-5-2-1-4-9(10)16(24)25/h1-7,21H,8H2,(H,22,23)(H,24,25). The number of imidazole rings is 1. The molecule has 0 bridgehead atoms. The summed E-state index contributed by atoms with van der Waals surface area (Å²) < 4.78 is 1.39. The van der Waals surface area contributed by atoms with Crippen molar-refractivity contribution in [2.24, 2.45) is 10.2 Å². The number of pyridine rings is 1. The molecule has 25 heavy (non-hydrogen) atoms. The highest BCUT2D eigenvalue weighted by atomic mass is 16.4. The van der Waals surface area contributed by atoms with Crippen LogP contribution in [-0.2, 0) is 11.2 Å². The molecule has 0 atom stereocenters. The molecule has 2 aromatic heterocycles. The first kappa shape index (κ1) is 16.1. The molecule has 9 heteroatoms. The van der Waals surface area contributed by atoms with Gasteiger partial charge in [0.1, 0.15) is 5.69 Å². The highest BCUT2D eigenvalue weighted by Gasteiger charge is 2.17. The van der Waals surface area contributed by atoms with Crippen LogP contribution in [0.3, 0.4) is 0 Å². The Labute approximate surface area is 140 Å². The molecule has 0 aliphatic carbocycles. The van der Waals surface area contributed by atoms with Crippen molar-refractivity contribution in [3.8, 4) is 5.75 Å². The maximum atomic E-state index is 11.2. The summed E-state index contributed by atoms with van der Waals surface area (Å²) in [5, 5.41) is 36.0. The van der Waals surface area contributed by atoms with Crippen LogP contribution < -0.4 is 0 Å². The Kier molecular flexibility index (Phi) is 4.12. The fourth-order valence-corrected chi connectivity index (χ4v) is 2.30. The normalized spacial score (nSPS) is 11.2. The number of aromatic carboxylic acids is 1. The molecule has 0 saturated carbocycles. The summed E-state index contributed by atoms with van der Waals surface area (Å²) in [6.07, 6.45) is 1.13. The van der Waals surface area contributed by atoms with Crippen molar-refractivity contribution in [2.45, 2.75) is 6.42 Å². The lowest BCUT2D eigenvalue weighted by Crippen LogP contribution is -2.00. The zero-order valence-electron chi connectivity index (χ0n) is 12.7. The van der Waals surface area contributed by atoms with Crippen molar-refractivity contribution in [1.82, 2.24) is 9.38 Å². The number of fused-ring (bicyclic) bond motifs is 1. The molecule has 0 fully saturated rings. The Morgan fingerprint density at radius 1 is 1.08 bits per heavy atom. The summed E-state index contributed by atoms with van der Waals surface area (Å²) in [6, 6.07) is 8.98. The van der Waals surface area contributed by atoms with E-state index < -0.39 is 18.4 Å². The molecule has 126 valence electrons. The van der Waals surface area contributed by atoms with Crippen molar-refractivity contribution in [3.63, 3.8) is 0 Å². The van der Waals surface area contributed by atoms with Gasteiger partial charge in [-0.2, -0.15) is 0 Å². The molecule has 9 nitrogen and oxygen atoms in total. The van der Waals surface area contributed by atoms with Gasteiger partial charge < -0.3 is 15.3 Å². The van der Waals surface area contributed by atoms with Gasteiger partial charge in [0.25, 0.3) is 0 Å². The Morgan fingerprint density at radius 2 is 1.84 bits per heavy atom. The van der Waals surface area contributed by atoms with E-state index in [4.69, 9.17) is 5.11 Å². The predicted molar refractivity (Wildman–Crippen MR) is 85.8 cm³/mol. The summed E-state index contributed by atoms with van der Waals surface area (Å²) in [5.74, 6) is -2.31. The van der Waals surface area contributed by atoms with E-state index in [0.717, 1.165) is 0 Å². The number of azo groups is 1. The average molecular weight is 340 g/mol. The van der Waals surface area contributed by atoms with Crippen LogP contribution in [0.15, 0.2) is 52.8 Å². The number of nitrogens with zero attached hydrogens (tertiary/aromatic N) is 4. The number of carbonyl (C=O) groups is 2. The van der Waals surface area contributed by atoms with Gasteiger partial charge in [0, 0.05) is 6.20 Å². The number of aliphatic carboxylic acids is 1. The van der Waals surface area contributed by atoms with Gasteiger partial charge in [-0.25, -0.2) is 9.78 Å². The van der Waals surface area contributed by atoms with E-state index in [-0.39, 0.29) is 34.2 Å². The number of carboxylic acids is 2. The zero-order chi connectivity index (χ0) is 18.0. The predicted octanol–water partition coefficient (Wildman–Crippen LogP) is 2.78. The number of rotatable bonds is 5. The summed E-state index contributed by atoms with van der Waals surface area (Å²) in [5.41, 5.74) is 0.318. The van der Waals surface area contributed by atoms with Crippen LogP contribution in [0.2, 0.25) is 0 Å². The van der Waals surface area contributed by atoms with E-state index in [1.807, 2.05) is 0 Å². The molecule has 1 aromatic carbocycles. The maximum Gasteiger partial charge on any atom is 0.337 e. The average Bonchev–Trinajstić information content (AvgIpc) is 2.91. The molecule has 0 unspecified atom stereocenters. The second kappa shape index (κ2) is 6.40. The molecule has 0 aliphatic heterocycles. The number of hydrogen-bond donors (Lipinski definition) is 3. The van der Waals surface area contributed by atoms with E-state index in [2.05, 4.69) is 15.2 Å². The van der Waals surface area contributed by atoms with Crippen LogP contribution >= 0.6 is 0 Å². The molecule has 0 radical (unpaired) electrons. The topological polar surface area (TPSA) is 137 Å². The first-order valence-electron chi connectivity index (χ1n) is 7.12. The van der Waals surface area contributed by atoms with Gasteiger partial charge in [-0.1, -0.05) is 12.1 Å². The third-order valence-corrected chi connectivity index (χ3v) is 3.38. The molecule has 3 rings (SSSR count). The number of carboxylic acid groups (broad SMARTS) is 2. The Hall–Kier alpha value is -3.75. The van der Waals surface area contributed by atoms with Crippen LogP contribution in [0.1, 0.15) is 16.1 Å². The van der Waals surface area contributed by atoms with Gasteiger partial charge in [-0.15, -0.1) is 10.2 Å². The molecule has 0 saturated heterocycles. The van der Waals surface area contributed by atoms with Crippen LogP contribution in [-0.4, -0.2) is 36.6 Å². The van der Waals surface area contributed by atoms with Gasteiger partial charge in [0.2, 0.25) is 0 Å². The number of benzene rings is 1. The van der Waals surface area contributed by atoms with E-state index in [1.165, 1.54) is 22.6 Å². The third-order valence-electron chi connectivity index (χ3n) is 3.38. The van der Waals surface area contributed by atoms with Gasteiger partial charge in [-0.05, 0) is 24.3 Å². The summed E-state index contributed by atoms with van der Waals surface area (Å²) in [6.45, 7) is 0. The Balaban J connectivity index is 2.13. The lowest BCUT2D eigenvalue weighted by atomic mass is 10.2. The number of hydrogen-bond acceptors (Lipinski definition) is 6. The second-order valence-electron chi connectivity index (χ2n) is 5.06. The molecule has 3 N–H and O–H groups in total. The van der Waals surface area contributed by atoms with Crippen LogP contribution in [0, 0.1) is 0 Å².